The molecule has 0 unspecified atom stereocenters. The predicted octanol–water partition coefficient (Wildman–Crippen LogP) is 3.92. The maximum atomic E-state index is 13.4. The van der Waals surface area contributed by atoms with E-state index in [0.29, 0.717) is 17.0 Å². The zero-order valence-electron chi connectivity index (χ0n) is 19.2. The molecule has 35 heavy (non-hydrogen) atoms. The summed E-state index contributed by atoms with van der Waals surface area (Å²) in [5, 5.41) is 3.08. The van der Waals surface area contributed by atoms with Crippen LogP contribution in [0.3, 0.4) is 0 Å². The average molecular weight is 491 g/mol. The largest absolute Gasteiger partial charge is 0.497 e. The minimum atomic E-state index is -4.50. The van der Waals surface area contributed by atoms with Gasteiger partial charge in [0.2, 0.25) is 0 Å². The number of esters is 2. The van der Waals surface area contributed by atoms with Crippen LogP contribution >= 0.6 is 0 Å². The lowest BCUT2D eigenvalue weighted by Gasteiger charge is -2.37. The molecular weight excluding hydrogens is 467 g/mol. The van der Waals surface area contributed by atoms with Crippen molar-refractivity contribution in [3.05, 3.63) is 71.8 Å². The molecule has 0 saturated heterocycles. The first-order chi connectivity index (χ1) is 16.6. The molecule has 0 amide bonds. The van der Waals surface area contributed by atoms with Gasteiger partial charge in [-0.1, -0.05) is 18.2 Å². The smallest absolute Gasteiger partial charge is 0.416 e. The second kappa shape index (κ2) is 10.2. The number of rotatable bonds is 8. The van der Waals surface area contributed by atoms with Crippen LogP contribution in [0.25, 0.3) is 0 Å². The highest BCUT2D eigenvalue weighted by atomic mass is 19.4. The van der Waals surface area contributed by atoms with Crippen LogP contribution in [-0.4, -0.2) is 45.1 Å². The highest BCUT2D eigenvalue weighted by Gasteiger charge is 2.52. The van der Waals surface area contributed by atoms with Crippen LogP contribution in [0.2, 0.25) is 0 Å². The summed E-state index contributed by atoms with van der Waals surface area (Å²) >= 11 is 0. The van der Waals surface area contributed by atoms with E-state index in [4.69, 9.17) is 14.2 Å². The van der Waals surface area contributed by atoms with E-state index >= 15 is 0 Å². The van der Waals surface area contributed by atoms with Gasteiger partial charge >= 0.3 is 18.1 Å². The Bertz CT molecular complexity index is 1100. The normalized spacial score (nSPS) is 19.5. The van der Waals surface area contributed by atoms with E-state index in [1.165, 1.54) is 25.3 Å². The summed E-state index contributed by atoms with van der Waals surface area (Å²) in [5.74, 6) is -3.06. The molecule has 7 nitrogen and oxygen atoms in total. The highest BCUT2D eigenvalue weighted by molar-refractivity contribution is 6.05. The van der Waals surface area contributed by atoms with Gasteiger partial charge in [-0.2, -0.15) is 13.2 Å². The Kier molecular flexibility index (Phi) is 7.52. The maximum Gasteiger partial charge on any atom is 0.416 e. The Hall–Kier alpha value is -3.82. The molecule has 0 spiro atoms. The van der Waals surface area contributed by atoms with E-state index in [2.05, 4.69) is 5.32 Å². The average Bonchev–Trinajstić information content (AvgIpc) is 3.16. The summed E-state index contributed by atoms with van der Waals surface area (Å²) in [6, 6.07) is 10.1. The van der Waals surface area contributed by atoms with Gasteiger partial charge in [-0.15, -0.1) is 0 Å². The fourth-order valence-corrected chi connectivity index (χ4v) is 4.18. The molecule has 2 aromatic carbocycles. The summed E-state index contributed by atoms with van der Waals surface area (Å²) in [6.07, 6.45) is -1.93. The monoisotopic (exact) mass is 491 g/mol. The number of hydrogen-bond donors (Lipinski definition) is 1. The van der Waals surface area contributed by atoms with Crippen molar-refractivity contribution in [3.8, 4) is 5.75 Å². The second-order valence-electron chi connectivity index (χ2n) is 7.92. The third-order valence-electron chi connectivity index (χ3n) is 6.05. The van der Waals surface area contributed by atoms with Crippen molar-refractivity contribution in [2.75, 3.05) is 26.6 Å². The van der Waals surface area contributed by atoms with Gasteiger partial charge in [-0.25, -0.2) is 0 Å². The highest BCUT2D eigenvalue weighted by Crippen LogP contribution is 2.43. The molecule has 2 aromatic rings. The zero-order chi connectivity index (χ0) is 25.8. The molecule has 2 atom stereocenters. The molecule has 3 rings (SSSR count). The number of ether oxygens (including phenoxy) is 3. The summed E-state index contributed by atoms with van der Waals surface area (Å²) in [4.78, 5) is 38.3. The Morgan fingerprint density at radius 2 is 1.54 bits per heavy atom. The van der Waals surface area contributed by atoms with Gasteiger partial charge in [-0.3, -0.25) is 14.4 Å². The third-order valence-corrected chi connectivity index (χ3v) is 6.05. The first-order valence-electron chi connectivity index (χ1n) is 10.5. The Labute approximate surface area is 199 Å². The Balaban J connectivity index is 2.08. The van der Waals surface area contributed by atoms with Gasteiger partial charge in [0.15, 0.2) is 11.7 Å². The van der Waals surface area contributed by atoms with E-state index in [9.17, 15) is 27.6 Å². The predicted molar refractivity (Wildman–Crippen MR) is 120 cm³/mol. The molecule has 0 aliphatic heterocycles. The van der Waals surface area contributed by atoms with Gasteiger partial charge in [0.05, 0.1) is 38.3 Å². The first kappa shape index (κ1) is 25.8. The lowest BCUT2D eigenvalue weighted by atomic mass is 9.68. The van der Waals surface area contributed by atoms with Gasteiger partial charge in [-0.05, 0) is 54.5 Å². The van der Waals surface area contributed by atoms with Crippen LogP contribution in [0.5, 0.6) is 5.75 Å². The van der Waals surface area contributed by atoms with Crippen LogP contribution in [-0.2, 0) is 35.4 Å². The number of hydrogen-bond acceptors (Lipinski definition) is 7. The van der Waals surface area contributed by atoms with Crippen LogP contribution in [0.15, 0.2) is 60.7 Å². The number of anilines is 1. The van der Waals surface area contributed by atoms with Gasteiger partial charge < -0.3 is 19.5 Å². The number of alkyl halides is 3. The van der Waals surface area contributed by atoms with Crippen molar-refractivity contribution in [3.63, 3.8) is 0 Å². The fraction of sp³-hybridized carbons (Fsp3) is 0.320. The molecule has 1 aliphatic carbocycles. The van der Waals surface area contributed by atoms with Crippen molar-refractivity contribution >= 4 is 23.4 Å². The summed E-state index contributed by atoms with van der Waals surface area (Å²) in [7, 11) is 3.71. The molecular formula is C25H24F3NO6. The van der Waals surface area contributed by atoms with Crippen molar-refractivity contribution in [1.82, 2.24) is 0 Å². The van der Waals surface area contributed by atoms with E-state index in [1.807, 2.05) is 0 Å². The first-order valence-corrected chi connectivity index (χ1v) is 10.5. The van der Waals surface area contributed by atoms with Crippen LogP contribution < -0.4 is 10.1 Å². The molecule has 0 heterocycles. The number of methoxy groups -OCH3 is 3. The lowest BCUT2D eigenvalue weighted by molar-refractivity contribution is -0.160. The van der Waals surface area contributed by atoms with Gasteiger partial charge in [0.1, 0.15) is 5.75 Å². The van der Waals surface area contributed by atoms with E-state index in [-0.39, 0.29) is 6.42 Å². The number of benzene rings is 2. The quantitative estimate of drug-likeness (QED) is 0.442. The topological polar surface area (TPSA) is 90.9 Å². The zero-order valence-corrected chi connectivity index (χ0v) is 19.2. The number of nitrogens with one attached hydrogen (secondary N) is 1. The Morgan fingerprint density at radius 1 is 0.971 bits per heavy atom. The summed E-state index contributed by atoms with van der Waals surface area (Å²) < 4.78 is 53.7. The van der Waals surface area contributed by atoms with E-state index in [0.717, 1.165) is 26.4 Å². The van der Waals surface area contributed by atoms with Crippen molar-refractivity contribution in [1.29, 1.82) is 0 Å². The molecule has 1 N–H and O–H groups in total. The Morgan fingerprint density at radius 3 is 2.03 bits per heavy atom. The van der Waals surface area contributed by atoms with Gasteiger partial charge in [0.25, 0.3) is 0 Å². The standard InChI is InChI=1S/C25H24F3NO6/c1-33-18-10-6-15(7-11-18)24(14-19(22(31)34-2)23(32)35-3)20(12-13-21(24)30)29-17-8-4-16(5-9-17)25(26,27)28/h4-13,19-20,29H,14H2,1-3H3/t20-,24-/m1/s1. The van der Waals surface area contributed by atoms with Crippen molar-refractivity contribution in [2.24, 2.45) is 5.92 Å². The molecule has 0 radical (unpaired) electrons. The van der Waals surface area contributed by atoms with Crippen molar-refractivity contribution in [2.45, 2.75) is 24.1 Å². The molecule has 0 saturated carbocycles. The minimum Gasteiger partial charge on any atom is -0.497 e. The maximum absolute atomic E-state index is 13.4. The molecule has 10 heteroatoms. The minimum absolute atomic E-state index is 0.303. The van der Waals surface area contributed by atoms with E-state index < -0.39 is 46.8 Å². The van der Waals surface area contributed by atoms with Gasteiger partial charge in [0, 0.05) is 5.69 Å². The van der Waals surface area contributed by atoms with Crippen LogP contribution in [0.1, 0.15) is 17.5 Å². The second-order valence-corrected chi connectivity index (χ2v) is 7.92. The lowest BCUT2D eigenvalue weighted by Crippen LogP contribution is -2.49. The number of allylic oxidation sites excluding steroid dienone is 1. The third kappa shape index (κ3) is 5.16. The molecule has 0 bridgehead atoms. The number of halogens is 3. The number of ketones is 1. The van der Waals surface area contributed by atoms with E-state index in [1.54, 1.807) is 30.3 Å². The molecule has 1 aliphatic rings. The SMILES string of the molecule is COC(=O)C(C[C@]1(c2ccc(OC)cc2)C(=O)C=C[C@H]1Nc1ccc(C(F)(F)F)cc1)C(=O)OC. The molecule has 0 fully saturated rings. The summed E-state index contributed by atoms with van der Waals surface area (Å²) in [5.41, 5.74) is -1.51. The molecule has 186 valence electrons. The summed E-state index contributed by atoms with van der Waals surface area (Å²) in [6.45, 7) is 0. The number of carbonyl (C=O) groups excluding carboxylic acids is 3. The van der Waals surface area contributed by atoms with Crippen LogP contribution in [0.4, 0.5) is 18.9 Å². The van der Waals surface area contributed by atoms with Crippen LogP contribution in [0, 0.1) is 5.92 Å². The number of carbonyl (C=O) groups is 3. The fourth-order valence-electron chi connectivity index (χ4n) is 4.18. The molecule has 0 aromatic heterocycles. The van der Waals surface area contributed by atoms with Crippen molar-refractivity contribution < 1.29 is 41.8 Å².